The maximum Gasteiger partial charge on any atom is 0.223 e. The average Bonchev–Trinajstić information content (AvgIpc) is 2.33. The largest absolute Gasteiger partial charge is 0.494 e. The molecule has 1 heterocycles. The number of aromatic nitrogens is 2. The molecule has 1 aromatic heterocycles. The summed E-state index contributed by atoms with van der Waals surface area (Å²) in [4.78, 5) is 7.44. The third-order valence-corrected chi connectivity index (χ3v) is 2.32. The lowest BCUT2D eigenvalue weighted by Crippen LogP contribution is -1.94. The molecule has 2 aromatic rings. The lowest BCUT2D eigenvalue weighted by Gasteiger charge is -2.06. The Bertz CT molecular complexity index is 534. The first-order chi connectivity index (χ1) is 8.20. The van der Waals surface area contributed by atoms with Crippen LogP contribution in [0.3, 0.4) is 0 Å². The Morgan fingerprint density at radius 2 is 2.24 bits per heavy atom. The van der Waals surface area contributed by atoms with E-state index in [0.717, 1.165) is 6.20 Å². The number of hydrogen-bond acceptors (Lipinski definition) is 3. The second kappa shape index (κ2) is 5.10. The molecule has 0 atom stereocenters. The van der Waals surface area contributed by atoms with Gasteiger partial charge in [-0.3, -0.25) is 0 Å². The van der Waals surface area contributed by atoms with E-state index < -0.39 is 5.82 Å². The summed E-state index contributed by atoms with van der Waals surface area (Å²) in [5, 5.41) is 0.0169. The Labute approximate surface area is 103 Å². The summed E-state index contributed by atoms with van der Waals surface area (Å²) in [5.74, 6) is 0.155. The molecular formula is C12H10ClFN2O. The molecule has 88 valence electrons. The topological polar surface area (TPSA) is 35.0 Å². The van der Waals surface area contributed by atoms with Crippen LogP contribution >= 0.6 is 11.6 Å². The van der Waals surface area contributed by atoms with Gasteiger partial charge in [0.1, 0.15) is 11.4 Å². The van der Waals surface area contributed by atoms with Crippen molar-refractivity contribution in [3.05, 3.63) is 41.6 Å². The molecule has 0 aliphatic rings. The monoisotopic (exact) mass is 252 g/mol. The standard InChI is InChI=1S/C12H10ClFN2O/c1-2-17-9-5-3-4-8(6-9)11-10(14)7-15-12(13)16-11/h3-7H,2H2,1H3. The molecule has 0 bridgehead atoms. The molecule has 0 saturated carbocycles. The highest BCUT2D eigenvalue weighted by molar-refractivity contribution is 6.28. The summed E-state index contributed by atoms with van der Waals surface area (Å²) in [7, 11) is 0. The summed E-state index contributed by atoms with van der Waals surface area (Å²) in [5.41, 5.74) is 0.782. The number of halogens is 2. The molecule has 5 heteroatoms. The lowest BCUT2D eigenvalue weighted by atomic mass is 10.1. The van der Waals surface area contributed by atoms with Crippen LogP contribution in [0.1, 0.15) is 6.92 Å². The highest BCUT2D eigenvalue weighted by Crippen LogP contribution is 2.25. The normalized spacial score (nSPS) is 10.3. The number of rotatable bonds is 3. The molecule has 1 aromatic carbocycles. The van der Waals surface area contributed by atoms with Crippen molar-refractivity contribution in [3.63, 3.8) is 0 Å². The fraction of sp³-hybridized carbons (Fsp3) is 0.167. The highest BCUT2D eigenvalue weighted by atomic mass is 35.5. The molecule has 0 aliphatic heterocycles. The third-order valence-electron chi connectivity index (χ3n) is 2.13. The molecular weight excluding hydrogens is 243 g/mol. The van der Waals surface area contributed by atoms with Gasteiger partial charge in [-0.05, 0) is 30.7 Å². The van der Waals surface area contributed by atoms with Crippen LogP contribution in [-0.4, -0.2) is 16.6 Å². The molecule has 0 fully saturated rings. The zero-order chi connectivity index (χ0) is 12.3. The van der Waals surface area contributed by atoms with E-state index in [9.17, 15) is 4.39 Å². The van der Waals surface area contributed by atoms with Crippen LogP contribution in [0.5, 0.6) is 5.75 Å². The molecule has 0 saturated heterocycles. The van der Waals surface area contributed by atoms with E-state index >= 15 is 0 Å². The van der Waals surface area contributed by atoms with Gasteiger partial charge in [0.2, 0.25) is 5.28 Å². The quantitative estimate of drug-likeness (QED) is 0.786. The molecule has 0 unspecified atom stereocenters. The summed E-state index contributed by atoms with van der Waals surface area (Å²) in [6.07, 6.45) is 1.05. The fourth-order valence-corrected chi connectivity index (χ4v) is 1.58. The SMILES string of the molecule is CCOc1cccc(-c2nc(Cl)ncc2F)c1. The Morgan fingerprint density at radius 1 is 1.41 bits per heavy atom. The maximum absolute atomic E-state index is 13.5. The van der Waals surface area contributed by atoms with E-state index in [-0.39, 0.29) is 11.0 Å². The molecule has 0 spiro atoms. The van der Waals surface area contributed by atoms with E-state index in [1.54, 1.807) is 24.3 Å². The smallest absolute Gasteiger partial charge is 0.223 e. The van der Waals surface area contributed by atoms with E-state index in [1.807, 2.05) is 6.92 Å². The zero-order valence-corrected chi connectivity index (χ0v) is 9.91. The Kier molecular flexibility index (Phi) is 3.54. The van der Waals surface area contributed by atoms with Gasteiger partial charge in [0.05, 0.1) is 12.8 Å². The van der Waals surface area contributed by atoms with Gasteiger partial charge in [-0.2, -0.15) is 0 Å². The van der Waals surface area contributed by atoms with Crippen molar-refractivity contribution in [1.29, 1.82) is 0 Å². The van der Waals surface area contributed by atoms with Crippen molar-refractivity contribution >= 4 is 11.6 Å². The number of benzene rings is 1. The summed E-state index contributed by atoms with van der Waals surface area (Å²) >= 11 is 5.65. The van der Waals surface area contributed by atoms with E-state index in [0.29, 0.717) is 17.9 Å². The van der Waals surface area contributed by atoms with Crippen molar-refractivity contribution < 1.29 is 9.13 Å². The Balaban J connectivity index is 2.45. The van der Waals surface area contributed by atoms with Gasteiger partial charge in [-0.25, -0.2) is 14.4 Å². The minimum Gasteiger partial charge on any atom is -0.494 e. The molecule has 0 aliphatic carbocycles. The molecule has 3 nitrogen and oxygen atoms in total. The highest BCUT2D eigenvalue weighted by Gasteiger charge is 2.09. The van der Waals surface area contributed by atoms with Crippen molar-refractivity contribution in [1.82, 2.24) is 9.97 Å². The van der Waals surface area contributed by atoms with Gasteiger partial charge in [0.25, 0.3) is 0 Å². The minimum absolute atomic E-state index is 0.0169. The van der Waals surface area contributed by atoms with Gasteiger partial charge < -0.3 is 4.74 Å². The fourth-order valence-electron chi connectivity index (χ4n) is 1.45. The van der Waals surface area contributed by atoms with Gasteiger partial charge in [0, 0.05) is 5.56 Å². The summed E-state index contributed by atoms with van der Waals surface area (Å²) in [6, 6.07) is 7.03. The van der Waals surface area contributed by atoms with Crippen LogP contribution in [0, 0.1) is 5.82 Å². The summed E-state index contributed by atoms with van der Waals surface area (Å²) < 4.78 is 18.9. The number of hydrogen-bond donors (Lipinski definition) is 0. The predicted octanol–water partition coefficient (Wildman–Crippen LogP) is 3.33. The van der Waals surface area contributed by atoms with Crippen molar-refractivity contribution in [2.45, 2.75) is 6.92 Å². The molecule has 17 heavy (non-hydrogen) atoms. The third kappa shape index (κ3) is 2.71. The second-order valence-corrected chi connectivity index (χ2v) is 3.63. The van der Waals surface area contributed by atoms with Crippen LogP contribution in [0.15, 0.2) is 30.5 Å². The molecule has 0 amide bonds. The second-order valence-electron chi connectivity index (χ2n) is 3.30. The van der Waals surface area contributed by atoms with Crippen LogP contribution in [0.4, 0.5) is 4.39 Å². The first-order valence-corrected chi connectivity index (χ1v) is 5.49. The molecule has 0 radical (unpaired) electrons. The van der Waals surface area contributed by atoms with Crippen molar-refractivity contribution in [2.75, 3.05) is 6.61 Å². The van der Waals surface area contributed by atoms with E-state index in [4.69, 9.17) is 16.3 Å². The van der Waals surface area contributed by atoms with Gasteiger partial charge in [-0.15, -0.1) is 0 Å². The van der Waals surface area contributed by atoms with Crippen LogP contribution in [0.25, 0.3) is 11.3 Å². The minimum atomic E-state index is -0.511. The van der Waals surface area contributed by atoms with Crippen LogP contribution in [0.2, 0.25) is 5.28 Å². The number of ether oxygens (including phenoxy) is 1. The summed E-state index contributed by atoms with van der Waals surface area (Å²) in [6.45, 7) is 2.44. The van der Waals surface area contributed by atoms with Crippen molar-refractivity contribution in [2.24, 2.45) is 0 Å². The zero-order valence-electron chi connectivity index (χ0n) is 9.15. The first kappa shape index (κ1) is 11.8. The predicted molar refractivity (Wildman–Crippen MR) is 63.6 cm³/mol. The maximum atomic E-state index is 13.5. The van der Waals surface area contributed by atoms with Crippen LogP contribution in [-0.2, 0) is 0 Å². The van der Waals surface area contributed by atoms with Crippen LogP contribution < -0.4 is 4.74 Å². The number of nitrogens with zero attached hydrogens (tertiary/aromatic N) is 2. The van der Waals surface area contributed by atoms with E-state index in [2.05, 4.69) is 9.97 Å². The lowest BCUT2D eigenvalue weighted by molar-refractivity contribution is 0.340. The van der Waals surface area contributed by atoms with Gasteiger partial charge in [0.15, 0.2) is 5.82 Å². The Hall–Kier alpha value is -1.68. The molecule has 0 N–H and O–H groups in total. The van der Waals surface area contributed by atoms with E-state index in [1.165, 1.54) is 0 Å². The Morgan fingerprint density at radius 3 is 3.00 bits per heavy atom. The van der Waals surface area contributed by atoms with Gasteiger partial charge in [-0.1, -0.05) is 12.1 Å². The van der Waals surface area contributed by atoms with Crippen molar-refractivity contribution in [3.8, 4) is 17.0 Å². The molecule has 2 rings (SSSR count). The first-order valence-electron chi connectivity index (χ1n) is 5.12. The van der Waals surface area contributed by atoms with Gasteiger partial charge >= 0.3 is 0 Å². The average molecular weight is 253 g/mol.